The van der Waals surface area contributed by atoms with Crippen LogP contribution < -0.4 is 5.32 Å². The van der Waals surface area contributed by atoms with Gasteiger partial charge in [-0.15, -0.1) is 0 Å². The maximum absolute atomic E-state index is 8.90. The van der Waals surface area contributed by atoms with E-state index in [2.05, 4.69) is 10.2 Å². The molecule has 2 aliphatic rings. The van der Waals surface area contributed by atoms with Crippen molar-refractivity contribution < 1.29 is 5.11 Å². The average Bonchev–Trinajstić information content (AvgIpc) is 2.75. The summed E-state index contributed by atoms with van der Waals surface area (Å²) in [5.41, 5.74) is 0. The first-order valence-electron chi connectivity index (χ1n) is 6.98. The minimum absolute atomic E-state index is 0.353. The Labute approximate surface area is 99.2 Å². The van der Waals surface area contributed by atoms with Crippen molar-refractivity contribution in [3.8, 4) is 0 Å². The van der Waals surface area contributed by atoms with Gasteiger partial charge in [0.25, 0.3) is 0 Å². The van der Waals surface area contributed by atoms with Crippen LogP contribution in [-0.4, -0.2) is 48.3 Å². The Bertz CT molecular complexity index is 192. The van der Waals surface area contributed by atoms with Crippen molar-refractivity contribution in [1.29, 1.82) is 0 Å². The van der Waals surface area contributed by atoms with Crippen molar-refractivity contribution in [3.05, 3.63) is 0 Å². The second-order valence-corrected chi connectivity index (χ2v) is 5.30. The topological polar surface area (TPSA) is 35.5 Å². The fourth-order valence-corrected chi connectivity index (χ4v) is 3.15. The third kappa shape index (κ3) is 3.44. The Hall–Kier alpha value is -0.120. The number of rotatable bonds is 5. The van der Waals surface area contributed by atoms with Gasteiger partial charge in [0, 0.05) is 25.2 Å². The summed E-state index contributed by atoms with van der Waals surface area (Å²) in [6.07, 6.45) is 8.94. The van der Waals surface area contributed by atoms with E-state index in [0.29, 0.717) is 6.61 Å². The number of aliphatic hydroxyl groups is 1. The van der Waals surface area contributed by atoms with E-state index in [-0.39, 0.29) is 0 Å². The normalized spacial score (nSPS) is 32.1. The van der Waals surface area contributed by atoms with E-state index in [1.165, 1.54) is 58.2 Å². The van der Waals surface area contributed by atoms with Crippen molar-refractivity contribution >= 4 is 0 Å². The van der Waals surface area contributed by atoms with Crippen LogP contribution in [-0.2, 0) is 0 Å². The molecule has 0 radical (unpaired) electrons. The zero-order chi connectivity index (χ0) is 11.2. The fraction of sp³-hybridized carbons (Fsp3) is 1.00. The Morgan fingerprint density at radius 1 is 1.19 bits per heavy atom. The zero-order valence-corrected chi connectivity index (χ0v) is 10.3. The summed E-state index contributed by atoms with van der Waals surface area (Å²) < 4.78 is 0. The van der Waals surface area contributed by atoms with E-state index in [9.17, 15) is 0 Å². The lowest BCUT2D eigenvalue weighted by molar-refractivity contribution is 0.188. The minimum Gasteiger partial charge on any atom is -0.396 e. The van der Waals surface area contributed by atoms with Crippen LogP contribution >= 0.6 is 0 Å². The Kier molecular flexibility index (Phi) is 5.07. The first kappa shape index (κ1) is 12.3. The predicted molar refractivity (Wildman–Crippen MR) is 66.6 cm³/mol. The van der Waals surface area contributed by atoms with E-state index in [4.69, 9.17) is 5.11 Å². The van der Waals surface area contributed by atoms with Crippen LogP contribution in [0, 0.1) is 0 Å². The molecule has 2 rings (SSSR count). The van der Waals surface area contributed by atoms with Crippen molar-refractivity contribution in [2.45, 2.75) is 57.0 Å². The van der Waals surface area contributed by atoms with Gasteiger partial charge >= 0.3 is 0 Å². The van der Waals surface area contributed by atoms with Gasteiger partial charge in [0.1, 0.15) is 0 Å². The number of likely N-dealkylation sites (tertiary alicyclic amines) is 1. The van der Waals surface area contributed by atoms with Gasteiger partial charge in [-0.1, -0.05) is 6.42 Å². The molecule has 0 aromatic heterocycles. The zero-order valence-electron chi connectivity index (χ0n) is 10.3. The summed E-state index contributed by atoms with van der Waals surface area (Å²) in [4.78, 5) is 2.65. The summed E-state index contributed by atoms with van der Waals surface area (Å²) >= 11 is 0. The lowest BCUT2D eigenvalue weighted by atomic mass is 10.0. The Morgan fingerprint density at radius 3 is 2.88 bits per heavy atom. The summed E-state index contributed by atoms with van der Waals surface area (Å²) in [6.45, 7) is 4.07. The van der Waals surface area contributed by atoms with Crippen LogP contribution in [0.5, 0.6) is 0 Å². The molecule has 94 valence electrons. The highest BCUT2D eigenvalue weighted by Crippen LogP contribution is 2.22. The highest BCUT2D eigenvalue weighted by molar-refractivity contribution is 4.84. The number of nitrogens with one attached hydrogen (secondary N) is 1. The molecule has 0 spiro atoms. The summed E-state index contributed by atoms with van der Waals surface area (Å²) in [5.74, 6) is 0. The Balaban J connectivity index is 1.73. The summed E-state index contributed by atoms with van der Waals surface area (Å²) in [5, 5.41) is 12.5. The van der Waals surface area contributed by atoms with Crippen LogP contribution in [0.15, 0.2) is 0 Å². The molecule has 3 nitrogen and oxygen atoms in total. The second kappa shape index (κ2) is 6.58. The molecule has 0 amide bonds. The van der Waals surface area contributed by atoms with Crippen molar-refractivity contribution in [3.63, 3.8) is 0 Å². The molecule has 0 aromatic carbocycles. The van der Waals surface area contributed by atoms with Gasteiger partial charge in [-0.05, 0) is 51.6 Å². The number of piperidine rings is 1. The number of aliphatic hydroxyl groups excluding tert-OH is 1. The molecule has 3 heteroatoms. The van der Waals surface area contributed by atoms with Crippen LogP contribution in [0.2, 0.25) is 0 Å². The van der Waals surface area contributed by atoms with Gasteiger partial charge < -0.3 is 10.4 Å². The number of hydrogen-bond donors (Lipinski definition) is 2. The van der Waals surface area contributed by atoms with Crippen LogP contribution in [0.25, 0.3) is 0 Å². The number of nitrogens with zero attached hydrogens (tertiary/aromatic N) is 1. The third-order valence-electron chi connectivity index (χ3n) is 4.06. The van der Waals surface area contributed by atoms with E-state index >= 15 is 0 Å². The monoisotopic (exact) mass is 226 g/mol. The third-order valence-corrected chi connectivity index (χ3v) is 4.06. The van der Waals surface area contributed by atoms with Gasteiger partial charge in [-0.25, -0.2) is 0 Å². The van der Waals surface area contributed by atoms with Gasteiger partial charge in [-0.2, -0.15) is 0 Å². The van der Waals surface area contributed by atoms with E-state index in [0.717, 1.165) is 18.5 Å². The quantitative estimate of drug-likeness (QED) is 0.743. The van der Waals surface area contributed by atoms with Crippen molar-refractivity contribution in [1.82, 2.24) is 10.2 Å². The van der Waals surface area contributed by atoms with Gasteiger partial charge in [0.15, 0.2) is 0 Å². The predicted octanol–water partition coefficient (Wildman–Crippen LogP) is 1.37. The smallest absolute Gasteiger partial charge is 0.0431 e. The first-order valence-corrected chi connectivity index (χ1v) is 6.98. The van der Waals surface area contributed by atoms with Crippen LogP contribution in [0.4, 0.5) is 0 Å². The minimum atomic E-state index is 0.353. The van der Waals surface area contributed by atoms with Crippen molar-refractivity contribution in [2.75, 3.05) is 26.2 Å². The lowest BCUT2D eigenvalue weighted by Crippen LogP contribution is -2.45. The lowest BCUT2D eigenvalue weighted by Gasteiger charge is -2.31. The molecule has 2 unspecified atom stereocenters. The first-order chi connectivity index (χ1) is 7.90. The van der Waals surface area contributed by atoms with E-state index < -0.39 is 0 Å². The summed E-state index contributed by atoms with van der Waals surface area (Å²) in [7, 11) is 0. The number of hydrogen-bond acceptors (Lipinski definition) is 3. The Morgan fingerprint density at radius 2 is 2.12 bits per heavy atom. The molecule has 0 saturated carbocycles. The molecule has 2 heterocycles. The maximum atomic E-state index is 8.90. The van der Waals surface area contributed by atoms with E-state index in [1.54, 1.807) is 0 Å². The van der Waals surface area contributed by atoms with Crippen LogP contribution in [0.3, 0.4) is 0 Å². The highest BCUT2D eigenvalue weighted by Gasteiger charge is 2.26. The molecule has 16 heavy (non-hydrogen) atoms. The second-order valence-electron chi connectivity index (χ2n) is 5.30. The fourth-order valence-electron chi connectivity index (χ4n) is 3.15. The molecule has 0 bridgehead atoms. The highest BCUT2D eigenvalue weighted by atomic mass is 16.2. The van der Waals surface area contributed by atoms with Crippen molar-refractivity contribution in [2.24, 2.45) is 0 Å². The molecular formula is C13H26N2O. The molecule has 2 N–H and O–H groups in total. The van der Waals surface area contributed by atoms with Gasteiger partial charge in [0.2, 0.25) is 0 Å². The SMILES string of the molecule is OCCCC1CCCN1CC1CCCCN1. The molecule has 0 aromatic rings. The van der Waals surface area contributed by atoms with Gasteiger partial charge in [0.05, 0.1) is 0 Å². The molecule has 2 fully saturated rings. The molecule has 2 aliphatic heterocycles. The molecule has 2 saturated heterocycles. The average molecular weight is 226 g/mol. The molecule has 0 aliphatic carbocycles. The van der Waals surface area contributed by atoms with E-state index in [1.807, 2.05) is 0 Å². The standard InChI is InChI=1S/C13H26N2O/c16-10-4-7-13-6-3-9-15(13)11-12-5-1-2-8-14-12/h12-14,16H,1-11H2. The molecular weight excluding hydrogens is 200 g/mol. The largest absolute Gasteiger partial charge is 0.396 e. The maximum Gasteiger partial charge on any atom is 0.0431 e. The molecule has 2 atom stereocenters. The van der Waals surface area contributed by atoms with Gasteiger partial charge in [-0.3, -0.25) is 4.90 Å². The van der Waals surface area contributed by atoms with Crippen LogP contribution in [0.1, 0.15) is 44.9 Å². The summed E-state index contributed by atoms with van der Waals surface area (Å²) in [6, 6.07) is 1.47.